The normalized spacial score (nSPS) is 10.3. The van der Waals surface area contributed by atoms with Crippen LogP contribution in [0, 0.1) is 6.92 Å². The topological polar surface area (TPSA) is 71.1 Å². The fraction of sp³-hybridized carbons (Fsp3) is 0.150. The van der Waals surface area contributed by atoms with Gasteiger partial charge in [0.1, 0.15) is 5.69 Å². The molecule has 1 heterocycles. The minimum Gasteiger partial charge on any atom is -0.321 e. The third-order valence-electron chi connectivity index (χ3n) is 3.78. The number of carbonyl (C=O) groups excluding carboxylic acids is 2. The van der Waals surface area contributed by atoms with Crippen LogP contribution in [0.1, 0.15) is 28.0 Å². The van der Waals surface area contributed by atoms with Crippen LogP contribution < -0.4 is 10.6 Å². The summed E-state index contributed by atoms with van der Waals surface area (Å²) in [6.07, 6.45) is 1.04. The highest BCUT2D eigenvalue weighted by molar-refractivity contribution is 7.14. The average Bonchev–Trinajstić information content (AvgIpc) is 3.11. The molecule has 0 saturated carbocycles. The number of nitrogens with one attached hydrogen (secondary N) is 2. The molecule has 2 N–H and O–H groups in total. The van der Waals surface area contributed by atoms with Crippen LogP contribution in [0.25, 0.3) is 0 Å². The van der Waals surface area contributed by atoms with E-state index in [0.717, 1.165) is 11.1 Å². The van der Waals surface area contributed by atoms with E-state index < -0.39 is 0 Å². The van der Waals surface area contributed by atoms with Crippen LogP contribution in [0.5, 0.6) is 0 Å². The first kappa shape index (κ1) is 17.8. The molecule has 0 saturated heterocycles. The van der Waals surface area contributed by atoms with Crippen molar-refractivity contribution in [3.8, 4) is 0 Å². The van der Waals surface area contributed by atoms with Crippen molar-refractivity contribution < 1.29 is 9.59 Å². The smallest absolute Gasteiger partial charge is 0.275 e. The zero-order chi connectivity index (χ0) is 18.4. The van der Waals surface area contributed by atoms with E-state index >= 15 is 0 Å². The minimum atomic E-state index is -0.296. The lowest BCUT2D eigenvalue weighted by atomic mass is 10.1. The molecule has 0 aliphatic carbocycles. The number of carbonyl (C=O) groups is 2. The molecular formula is C20H19N3O2S. The van der Waals surface area contributed by atoms with Crippen molar-refractivity contribution in [3.63, 3.8) is 0 Å². The number of hydrogen-bond donors (Lipinski definition) is 2. The Bertz CT molecular complexity index is 889. The summed E-state index contributed by atoms with van der Waals surface area (Å²) in [5.74, 6) is -0.413. The van der Waals surface area contributed by atoms with Crippen molar-refractivity contribution in [2.24, 2.45) is 0 Å². The Morgan fingerprint density at radius 2 is 1.73 bits per heavy atom. The van der Waals surface area contributed by atoms with E-state index in [1.54, 1.807) is 5.38 Å². The lowest BCUT2D eigenvalue weighted by Gasteiger charge is -2.03. The number of thiazole rings is 1. The van der Waals surface area contributed by atoms with Gasteiger partial charge in [-0.25, -0.2) is 4.98 Å². The molecular weight excluding hydrogens is 346 g/mol. The van der Waals surface area contributed by atoms with Gasteiger partial charge in [-0.1, -0.05) is 48.0 Å². The fourth-order valence-corrected chi connectivity index (χ4v) is 3.06. The van der Waals surface area contributed by atoms with E-state index in [2.05, 4.69) is 15.6 Å². The lowest BCUT2D eigenvalue weighted by molar-refractivity contribution is -0.116. The molecule has 5 nitrogen and oxygen atoms in total. The van der Waals surface area contributed by atoms with Crippen LogP contribution in [0.4, 0.5) is 10.8 Å². The summed E-state index contributed by atoms with van der Waals surface area (Å²) in [5.41, 5.74) is 3.23. The number of amides is 2. The lowest BCUT2D eigenvalue weighted by Crippen LogP contribution is -2.14. The number of aryl methyl sites for hydroxylation is 2. The fourth-order valence-electron chi connectivity index (χ4n) is 2.35. The van der Waals surface area contributed by atoms with Crippen LogP contribution in [0.3, 0.4) is 0 Å². The summed E-state index contributed by atoms with van der Waals surface area (Å²) < 4.78 is 0. The Balaban J connectivity index is 1.52. The molecule has 2 aromatic carbocycles. The summed E-state index contributed by atoms with van der Waals surface area (Å²) in [6.45, 7) is 1.98. The van der Waals surface area contributed by atoms with Gasteiger partial charge in [0.15, 0.2) is 5.13 Å². The highest BCUT2D eigenvalue weighted by atomic mass is 32.1. The van der Waals surface area contributed by atoms with Gasteiger partial charge in [-0.2, -0.15) is 0 Å². The summed E-state index contributed by atoms with van der Waals surface area (Å²) in [4.78, 5) is 28.5. The van der Waals surface area contributed by atoms with Gasteiger partial charge in [-0.05, 0) is 31.0 Å². The molecule has 6 heteroatoms. The molecule has 26 heavy (non-hydrogen) atoms. The second kappa shape index (κ2) is 8.40. The van der Waals surface area contributed by atoms with E-state index in [0.29, 0.717) is 23.7 Å². The molecule has 0 spiro atoms. The molecule has 0 atom stereocenters. The van der Waals surface area contributed by atoms with Gasteiger partial charge in [0.2, 0.25) is 5.91 Å². The van der Waals surface area contributed by atoms with Crippen LogP contribution in [0.2, 0.25) is 0 Å². The van der Waals surface area contributed by atoms with Gasteiger partial charge >= 0.3 is 0 Å². The largest absolute Gasteiger partial charge is 0.321 e. The molecule has 1 aromatic heterocycles. The zero-order valence-corrected chi connectivity index (χ0v) is 15.2. The van der Waals surface area contributed by atoms with Gasteiger partial charge in [-0.3, -0.25) is 9.59 Å². The number of hydrogen-bond acceptors (Lipinski definition) is 4. The molecule has 0 fully saturated rings. The average molecular weight is 365 g/mol. The van der Waals surface area contributed by atoms with Gasteiger partial charge in [0.25, 0.3) is 5.91 Å². The quantitative estimate of drug-likeness (QED) is 0.685. The van der Waals surface area contributed by atoms with Crippen LogP contribution >= 0.6 is 11.3 Å². The van der Waals surface area contributed by atoms with E-state index in [4.69, 9.17) is 0 Å². The van der Waals surface area contributed by atoms with Crippen molar-refractivity contribution >= 4 is 34.0 Å². The summed E-state index contributed by atoms with van der Waals surface area (Å²) >= 11 is 1.24. The first-order valence-electron chi connectivity index (χ1n) is 8.27. The minimum absolute atomic E-state index is 0.117. The van der Waals surface area contributed by atoms with E-state index in [1.165, 1.54) is 11.3 Å². The predicted octanol–water partition coefficient (Wildman–Crippen LogP) is 4.28. The maximum absolute atomic E-state index is 12.2. The Hall–Kier alpha value is -2.99. The zero-order valence-electron chi connectivity index (χ0n) is 14.4. The molecule has 0 aliphatic rings. The summed E-state index contributed by atoms with van der Waals surface area (Å²) in [7, 11) is 0. The number of aromatic nitrogens is 1. The number of benzene rings is 2. The van der Waals surface area contributed by atoms with Crippen molar-refractivity contribution in [2.75, 3.05) is 10.6 Å². The van der Waals surface area contributed by atoms with Crippen LogP contribution in [-0.4, -0.2) is 16.8 Å². The second-order valence-corrected chi connectivity index (χ2v) is 6.75. The molecule has 132 valence electrons. The Labute approximate surface area is 156 Å². The molecule has 3 rings (SSSR count). The van der Waals surface area contributed by atoms with Crippen molar-refractivity contribution in [2.45, 2.75) is 19.8 Å². The first-order chi connectivity index (χ1) is 12.6. The molecule has 0 aliphatic heterocycles. The number of anilines is 2. The van der Waals surface area contributed by atoms with Crippen molar-refractivity contribution in [3.05, 3.63) is 76.8 Å². The maximum atomic E-state index is 12.2. The number of rotatable bonds is 6. The van der Waals surface area contributed by atoms with Gasteiger partial charge in [0, 0.05) is 17.5 Å². The van der Waals surface area contributed by atoms with Gasteiger partial charge in [0.05, 0.1) is 0 Å². The Kier molecular flexibility index (Phi) is 5.76. The summed E-state index contributed by atoms with van der Waals surface area (Å²) in [5, 5.41) is 7.60. The molecule has 0 unspecified atom stereocenters. The van der Waals surface area contributed by atoms with Gasteiger partial charge < -0.3 is 10.6 Å². The van der Waals surface area contributed by atoms with Crippen LogP contribution in [-0.2, 0) is 11.2 Å². The predicted molar refractivity (Wildman–Crippen MR) is 105 cm³/mol. The SMILES string of the molecule is Cc1ccc(NC(=O)c2csc(NC(=O)CCc3ccccc3)n2)cc1. The van der Waals surface area contributed by atoms with Crippen molar-refractivity contribution in [1.82, 2.24) is 4.98 Å². The summed E-state index contributed by atoms with van der Waals surface area (Å²) in [6, 6.07) is 17.4. The number of nitrogens with zero attached hydrogens (tertiary/aromatic N) is 1. The Morgan fingerprint density at radius 3 is 2.46 bits per heavy atom. The van der Waals surface area contributed by atoms with E-state index in [1.807, 2.05) is 61.5 Å². The van der Waals surface area contributed by atoms with E-state index in [-0.39, 0.29) is 17.5 Å². The first-order valence-corrected chi connectivity index (χ1v) is 9.15. The van der Waals surface area contributed by atoms with Crippen LogP contribution in [0.15, 0.2) is 60.0 Å². The third kappa shape index (κ3) is 5.00. The monoisotopic (exact) mass is 365 g/mol. The molecule has 0 radical (unpaired) electrons. The maximum Gasteiger partial charge on any atom is 0.275 e. The van der Waals surface area contributed by atoms with Gasteiger partial charge in [-0.15, -0.1) is 11.3 Å². The molecule has 3 aromatic rings. The Morgan fingerprint density at radius 1 is 1.00 bits per heavy atom. The third-order valence-corrected chi connectivity index (χ3v) is 4.53. The second-order valence-electron chi connectivity index (χ2n) is 5.89. The standard InChI is InChI=1S/C20H19N3O2S/c1-14-7-10-16(11-8-14)21-19(25)17-13-26-20(22-17)23-18(24)12-9-15-5-3-2-4-6-15/h2-8,10-11,13H,9,12H2,1H3,(H,21,25)(H,22,23,24). The van der Waals surface area contributed by atoms with E-state index in [9.17, 15) is 9.59 Å². The molecule has 2 amide bonds. The van der Waals surface area contributed by atoms with Crippen molar-refractivity contribution in [1.29, 1.82) is 0 Å². The highest BCUT2D eigenvalue weighted by Crippen LogP contribution is 2.18. The highest BCUT2D eigenvalue weighted by Gasteiger charge is 2.12. The molecule has 0 bridgehead atoms.